The molecule has 6 rings (SSSR count). The largest absolute Gasteiger partial charge is 0.467 e. The Bertz CT molecular complexity index is 1690. The molecule has 2 fully saturated rings. The Hall–Kier alpha value is -5.35. The van der Waals surface area contributed by atoms with Crippen LogP contribution >= 0.6 is 0 Å². The van der Waals surface area contributed by atoms with Crippen molar-refractivity contribution in [3.8, 4) is 23.2 Å². The van der Waals surface area contributed by atoms with Gasteiger partial charge in [-0.05, 0) is 62.6 Å². The van der Waals surface area contributed by atoms with Crippen molar-refractivity contribution in [2.45, 2.75) is 69.7 Å². The van der Waals surface area contributed by atoms with E-state index in [1.54, 1.807) is 29.7 Å². The summed E-state index contributed by atoms with van der Waals surface area (Å²) in [6, 6.07) is 15.8. The summed E-state index contributed by atoms with van der Waals surface area (Å²) < 4.78 is 10.9. The van der Waals surface area contributed by atoms with Crippen LogP contribution in [0.3, 0.4) is 0 Å². The number of benzene rings is 1. The molecular formula is C35H39N9O4. The number of methoxy groups -OCH3 is 1. The highest BCUT2D eigenvalue weighted by atomic mass is 16.6. The molecule has 0 radical (unpaired) electrons. The first-order valence-corrected chi connectivity index (χ1v) is 16.3. The third-order valence-electron chi connectivity index (χ3n) is 8.82. The highest BCUT2D eigenvalue weighted by Gasteiger charge is 2.32. The number of aliphatic hydroxyl groups excluding tert-OH is 1. The zero-order valence-electron chi connectivity index (χ0n) is 26.9. The summed E-state index contributed by atoms with van der Waals surface area (Å²) in [5, 5.41) is 23.3. The second-order valence-electron chi connectivity index (χ2n) is 12.0. The van der Waals surface area contributed by atoms with Gasteiger partial charge < -0.3 is 24.8 Å². The molecule has 3 aromatic heterocycles. The summed E-state index contributed by atoms with van der Waals surface area (Å²) in [4.78, 5) is 39.6. The minimum atomic E-state index is -0.453. The van der Waals surface area contributed by atoms with E-state index in [0.717, 1.165) is 48.9 Å². The number of aliphatic hydroxyl groups is 1. The molecule has 1 aliphatic heterocycles. The molecule has 0 spiro atoms. The van der Waals surface area contributed by atoms with Crippen molar-refractivity contribution < 1.29 is 19.4 Å². The quantitative estimate of drug-likeness (QED) is 0.246. The standard InChI is InChI=1S/C35H39N9O4/c1-47-34-39-21-27(22-40-34)25-9-14-31(37-19-25)44(35(46)48-23-24-6-3-2-4-7-24)29-12-10-28(11-13-29)41-33-38-20-26(18-36)32(42-33)43-16-5-8-30(45)15-17-43/h2-4,6-7,9,14,19-22,28-30,45H,5,8,10-13,15-17,23H2,1H3,(H,38,41,42). The van der Waals surface area contributed by atoms with Crippen molar-refractivity contribution in [1.82, 2.24) is 24.9 Å². The summed E-state index contributed by atoms with van der Waals surface area (Å²) in [6.45, 7) is 1.52. The van der Waals surface area contributed by atoms with E-state index in [-0.39, 0.29) is 30.8 Å². The van der Waals surface area contributed by atoms with Gasteiger partial charge in [-0.3, -0.25) is 4.90 Å². The molecule has 2 N–H and O–H groups in total. The van der Waals surface area contributed by atoms with Crippen molar-refractivity contribution in [3.63, 3.8) is 0 Å². The highest BCUT2D eigenvalue weighted by Crippen LogP contribution is 2.31. The van der Waals surface area contributed by atoms with Gasteiger partial charge in [0.15, 0.2) is 5.82 Å². The number of hydrogen-bond acceptors (Lipinski definition) is 12. The Morgan fingerprint density at radius 1 is 0.958 bits per heavy atom. The Balaban J connectivity index is 1.15. The number of nitriles is 1. The lowest BCUT2D eigenvalue weighted by atomic mass is 9.90. The van der Waals surface area contributed by atoms with Crippen LogP contribution in [-0.2, 0) is 11.3 Å². The van der Waals surface area contributed by atoms with Crippen molar-refractivity contribution in [2.24, 2.45) is 0 Å². The predicted octanol–water partition coefficient (Wildman–Crippen LogP) is 5.13. The van der Waals surface area contributed by atoms with E-state index in [4.69, 9.17) is 14.5 Å². The fraction of sp³-hybridized carbons (Fsp3) is 0.400. The molecule has 4 aromatic rings. The van der Waals surface area contributed by atoms with Crippen LogP contribution in [0, 0.1) is 11.3 Å². The first kappa shape index (κ1) is 32.6. The van der Waals surface area contributed by atoms with Crippen LogP contribution in [0.25, 0.3) is 11.1 Å². The number of rotatable bonds is 9. The maximum Gasteiger partial charge on any atom is 0.416 e. The van der Waals surface area contributed by atoms with Crippen LogP contribution in [0.2, 0.25) is 0 Å². The Kier molecular flexibility index (Phi) is 10.5. The van der Waals surface area contributed by atoms with Crippen LogP contribution in [0.5, 0.6) is 6.01 Å². The smallest absolute Gasteiger partial charge is 0.416 e. The van der Waals surface area contributed by atoms with Crippen LogP contribution in [-0.4, -0.2) is 74.5 Å². The van der Waals surface area contributed by atoms with Gasteiger partial charge >= 0.3 is 12.1 Å². The van der Waals surface area contributed by atoms with E-state index < -0.39 is 6.09 Å². The average Bonchev–Trinajstić information content (AvgIpc) is 3.36. The minimum absolute atomic E-state index is 0.0839. The molecule has 1 saturated heterocycles. The second-order valence-corrected chi connectivity index (χ2v) is 12.0. The first-order chi connectivity index (χ1) is 23.5. The number of anilines is 3. The lowest BCUT2D eigenvalue weighted by Crippen LogP contribution is -2.45. The lowest BCUT2D eigenvalue weighted by Gasteiger charge is -2.36. The maximum absolute atomic E-state index is 13.7. The number of ether oxygens (including phenoxy) is 2. The average molecular weight is 650 g/mol. The Labute approximate surface area is 279 Å². The van der Waals surface area contributed by atoms with Crippen molar-refractivity contribution in [2.75, 3.05) is 35.3 Å². The third-order valence-corrected chi connectivity index (χ3v) is 8.82. The number of pyridine rings is 1. The molecule has 1 atom stereocenters. The van der Waals surface area contributed by atoms with E-state index in [9.17, 15) is 15.2 Å². The van der Waals surface area contributed by atoms with Crippen molar-refractivity contribution in [3.05, 3.63) is 78.4 Å². The summed E-state index contributed by atoms with van der Waals surface area (Å²) in [5.74, 6) is 1.57. The van der Waals surface area contributed by atoms with Crippen LogP contribution in [0.1, 0.15) is 56.1 Å². The SMILES string of the molecule is COc1ncc(-c2ccc(N(C(=O)OCc3ccccc3)C3CCC(Nc4ncc(C#N)c(N5CCCC(O)CC5)n4)CC3)nc2)cn1. The van der Waals surface area contributed by atoms with Gasteiger partial charge in [-0.15, -0.1) is 0 Å². The molecular weight excluding hydrogens is 610 g/mol. The van der Waals surface area contributed by atoms with E-state index >= 15 is 0 Å². The summed E-state index contributed by atoms with van der Waals surface area (Å²) in [7, 11) is 1.52. The van der Waals surface area contributed by atoms with E-state index in [1.165, 1.54) is 7.11 Å². The number of aromatic nitrogens is 5. The molecule has 1 aromatic carbocycles. The highest BCUT2D eigenvalue weighted by molar-refractivity contribution is 5.87. The Morgan fingerprint density at radius 2 is 1.73 bits per heavy atom. The molecule has 48 heavy (non-hydrogen) atoms. The molecule has 2 aliphatic rings. The maximum atomic E-state index is 13.7. The first-order valence-electron chi connectivity index (χ1n) is 16.3. The van der Waals surface area contributed by atoms with E-state index in [1.807, 2.05) is 42.5 Å². The van der Waals surface area contributed by atoms with Crippen LogP contribution in [0.4, 0.5) is 22.4 Å². The molecule has 4 heterocycles. The van der Waals surface area contributed by atoms with Crippen molar-refractivity contribution in [1.29, 1.82) is 5.26 Å². The van der Waals surface area contributed by atoms with Gasteiger partial charge in [0, 0.05) is 54.9 Å². The molecule has 248 valence electrons. The van der Waals surface area contributed by atoms with E-state index in [2.05, 4.69) is 36.2 Å². The number of nitrogens with zero attached hydrogens (tertiary/aromatic N) is 8. The molecule has 1 amide bonds. The molecule has 1 aliphatic carbocycles. The molecule has 13 nitrogen and oxygen atoms in total. The second kappa shape index (κ2) is 15.5. The van der Waals surface area contributed by atoms with E-state index in [0.29, 0.717) is 49.0 Å². The third kappa shape index (κ3) is 7.95. The van der Waals surface area contributed by atoms with Crippen LogP contribution < -0.4 is 19.9 Å². The number of carbonyl (C=O) groups excluding carboxylic acids is 1. The lowest BCUT2D eigenvalue weighted by molar-refractivity contribution is 0.142. The molecule has 1 saturated carbocycles. The fourth-order valence-corrected chi connectivity index (χ4v) is 6.20. The zero-order valence-corrected chi connectivity index (χ0v) is 26.9. The molecule has 0 bridgehead atoms. The summed E-state index contributed by atoms with van der Waals surface area (Å²) in [5.41, 5.74) is 2.91. The molecule has 13 heteroatoms. The summed E-state index contributed by atoms with van der Waals surface area (Å²) >= 11 is 0. The van der Waals surface area contributed by atoms with Gasteiger partial charge in [-0.2, -0.15) is 10.2 Å². The number of hydrogen-bond donors (Lipinski definition) is 2. The van der Waals surface area contributed by atoms with Gasteiger partial charge in [0.2, 0.25) is 5.95 Å². The number of nitrogens with one attached hydrogen (secondary N) is 1. The minimum Gasteiger partial charge on any atom is -0.467 e. The zero-order chi connectivity index (χ0) is 33.3. The van der Waals surface area contributed by atoms with Gasteiger partial charge in [0.25, 0.3) is 0 Å². The van der Waals surface area contributed by atoms with Gasteiger partial charge in [0.1, 0.15) is 24.1 Å². The van der Waals surface area contributed by atoms with Gasteiger partial charge in [-0.1, -0.05) is 30.3 Å². The van der Waals surface area contributed by atoms with Crippen LogP contribution in [0.15, 0.2) is 67.3 Å². The number of carbonyl (C=O) groups is 1. The van der Waals surface area contributed by atoms with Crippen molar-refractivity contribution >= 4 is 23.7 Å². The Morgan fingerprint density at radius 3 is 2.44 bits per heavy atom. The monoisotopic (exact) mass is 649 g/mol. The van der Waals surface area contributed by atoms with Gasteiger partial charge in [-0.25, -0.2) is 24.7 Å². The fourth-order valence-electron chi connectivity index (χ4n) is 6.20. The molecule has 1 unspecified atom stereocenters. The topological polar surface area (TPSA) is 163 Å². The summed E-state index contributed by atoms with van der Waals surface area (Å²) in [6.07, 6.45) is 11.0. The van der Waals surface area contributed by atoms with Gasteiger partial charge in [0.05, 0.1) is 19.4 Å². The number of amides is 1. The normalized spacial score (nSPS) is 19.4. The predicted molar refractivity (Wildman–Crippen MR) is 179 cm³/mol.